The van der Waals surface area contributed by atoms with Crippen molar-refractivity contribution in [1.82, 2.24) is 19.5 Å². The highest BCUT2D eigenvalue weighted by Crippen LogP contribution is 2.38. The first-order valence-corrected chi connectivity index (χ1v) is 14.9. The van der Waals surface area contributed by atoms with Crippen LogP contribution in [0.25, 0.3) is 5.52 Å². The molecule has 3 rings (SSSR count). The number of ether oxygens (including phenoxy) is 3. The van der Waals surface area contributed by atoms with E-state index in [1.807, 2.05) is 6.07 Å². The van der Waals surface area contributed by atoms with E-state index in [1.165, 1.54) is 18.0 Å². The summed E-state index contributed by atoms with van der Waals surface area (Å²) in [5.41, 5.74) is -1.46. The topological polar surface area (TPSA) is 167 Å². The SMILES string of the molecule is CO[C@](C#N)(CO[PH](=O)Oc1ccccc1)[C@@H](OC(=O)C(C)C)[C@@H](OC(=O)C(C)C)c1ccc2c(/N=C/N(C)C)ncnn12. The first-order valence-electron chi connectivity index (χ1n) is 13.7. The fraction of sp³-hybridized carbons (Fsp3) is 0.448. The number of esters is 2. The lowest BCUT2D eigenvalue weighted by Gasteiger charge is -2.37. The number of rotatable bonds is 15. The van der Waals surface area contributed by atoms with Crippen LogP contribution in [0.2, 0.25) is 0 Å². The van der Waals surface area contributed by atoms with Crippen LogP contribution >= 0.6 is 8.25 Å². The van der Waals surface area contributed by atoms with Gasteiger partial charge in [0.05, 0.1) is 23.9 Å². The summed E-state index contributed by atoms with van der Waals surface area (Å²) in [6.45, 7) is 5.80. The van der Waals surface area contributed by atoms with Gasteiger partial charge in [0.25, 0.3) is 0 Å². The number of carbonyl (C=O) groups is 2. The van der Waals surface area contributed by atoms with E-state index in [4.69, 9.17) is 23.3 Å². The van der Waals surface area contributed by atoms with E-state index in [1.54, 1.807) is 95.5 Å². The average molecular weight is 629 g/mol. The number of aliphatic imine (C=N–C) groups is 1. The second-order valence-electron chi connectivity index (χ2n) is 10.5. The zero-order valence-corrected chi connectivity index (χ0v) is 26.7. The monoisotopic (exact) mass is 628 g/mol. The zero-order valence-electron chi connectivity index (χ0n) is 25.7. The fourth-order valence-corrected chi connectivity index (χ4v) is 4.53. The first kappa shape index (κ1) is 34.2. The molecule has 236 valence electrons. The number of hydrogen-bond acceptors (Lipinski definition) is 12. The molecule has 15 heteroatoms. The lowest BCUT2D eigenvalue weighted by Crippen LogP contribution is -2.53. The van der Waals surface area contributed by atoms with E-state index in [9.17, 15) is 19.4 Å². The van der Waals surface area contributed by atoms with Crippen LogP contribution in [0.4, 0.5) is 5.82 Å². The third-order valence-electron chi connectivity index (χ3n) is 6.23. The Balaban J connectivity index is 2.14. The molecule has 4 atom stereocenters. The molecular weight excluding hydrogens is 591 g/mol. The lowest BCUT2D eigenvalue weighted by molar-refractivity contribution is -0.197. The summed E-state index contributed by atoms with van der Waals surface area (Å²) >= 11 is 0. The van der Waals surface area contributed by atoms with Gasteiger partial charge >= 0.3 is 20.2 Å². The molecule has 44 heavy (non-hydrogen) atoms. The van der Waals surface area contributed by atoms with E-state index in [0.29, 0.717) is 11.3 Å². The number of nitrogens with zero attached hydrogens (tertiary/aromatic N) is 6. The van der Waals surface area contributed by atoms with Gasteiger partial charge in [0.2, 0.25) is 5.60 Å². The summed E-state index contributed by atoms with van der Waals surface area (Å²) < 4.78 is 42.5. The summed E-state index contributed by atoms with van der Waals surface area (Å²) in [4.78, 5) is 36.5. The van der Waals surface area contributed by atoms with Crippen LogP contribution in [-0.2, 0) is 32.9 Å². The summed E-state index contributed by atoms with van der Waals surface area (Å²) in [7, 11) is 1.59. The molecule has 0 bridgehead atoms. The second-order valence-corrected chi connectivity index (χ2v) is 11.5. The van der Waals surface area contributed by atoms with Crippen LogP contribution in [0.3, 0.4) is 0 Å². The van der Waals surface area contributed by atoms with Gasteiger partial charge in [-0.05, 0) is 24.3 Å². The predicted molar refractivity (Wildman–Crippen MR) is 161 cm³/mol. The van der Waals surface area contributed by atoms with Gasteiger partial charge in [-0.1, -0.05) is 45.9 Å². The lowest BCUT2D eigenvalue weighted by atomic mass is 9.92. The third-order valence-corrected chi connectivity index (χ3v) is 7.01. The largest absolute Gasteiger partial charge is 0.453 e. The molecule has 1 aromatic carbocycles. The van der Waals surface area contributed by atoms with Gasteiger partial charge in [0, 0.05) is 21.2 Å². The van der Waals surface area contributed by atoms with Gasteiger partial charge < -0.3 is 23.6 Å². The fourth-order valence-electron chi connectivity index (χ4n) is 3.81. The Morgan fingerprint density at radius 3 is 2.34 bits per heavy atom. The molecule has 0 fully saturated rings. The van der Waals surface area contributed by atoms with E-state index in [0.717, 1.165) is 0 Å². The Bertz CT molecular complexity index is 1520. The Kier molecular flexibility index (Phi) is 12.0. The Hall–Kier alpha value is -4.31. The Morgan fingerprint density at radius 1 is 1.09 bits per heavy atom. The van der Waals surface area contributed by atoms with Crippen molar-refractivity contribution in [3.05, 3.63) is 54.5 Å². The van der Waals surface area contributed by atoms with E-state index >= 15 is 0 Å². The standard InChI is InChI=1S/C29H37N6O8P/c1-19(2)27(36)41-24(22-13-14-23-26(32-18-34(5)6)31-17-33-35(22)23)25(42-28(37)20(3)4)29(15-30,39-7)16-40-44(38)43-21-11-9-8-10-12-21/h8-14,17-20,24-25,44H,16H2,1-7H3/b32-18+/t24-,25-,29+/m0/s1. The van der Waals surface area contributed by atoms with Crippen molar-refractivity contribution in [2.75, 3.05) is 27.8 Å². The molecule has 0 radical (unpaired) electrons. The zero-order chi connectivity index (χ0) is 32.4. The van der Waals surface area contributed by atoms with Crippen molar-refractivity contribution in [2.24, 2.45) is 16.8 Å². The highest BCUT2D eigenvalue weighted by molar-refractivity contribution is 7.33. The van der Waals surface area contributed by atoms with Crippen LogP contribution in [-0.4, -0.2) is 77.3 Å². The van der Waals surface area contributed by atoms with Crippen LogP contribution < -0.4 is 4.52 Å². The molecule has 2 aromatic heterocycles. The minimum Gasteiger partial charge on any atom is -0.453 e. The maximum absolute atomic E-state index is 13.1. The van der Waals surface area contributed by atoms with Gasteiger partial charge in [0.15, 0.2) is 18.0 Å². The molecule has 0 aliphatic rings. The molecule has 1 unspecified atom stereocenters. The number of aromatic nitrogens is 3. The van der Waals surface area contributed by atoms with Crippen molar-refractivity contribution in [2.45, 2.75) is 45.5 Å². The van der Waals surface area contributed by atoms with Crippen LogP contribution in [0.5, 0.6) is 5.75 Å². The molecule has 0 saturated carbocycles. The molecule has 14 nitrogen and oxygen atoms in total. The summed E-state index contributed by atoms with van der Waals surface area (Å²) in [5, 5.41) is 14.8. The quantitative estimate of drug-likeness (QED) is 0.102. The van der Waals surface area contributed by atoms with Crippen molar-refractivity contribution in [3.63, 3.8) is 0 Å². The van der Waals surface area contributed by atoms with Crippen molar-refractivity contribution in [1.29, 1.82) is 5.26 Å². The Labute approximate surface area is 256 Å². The van der Waals surface area contributed by atoms with Crippen molar-refractivity contribution in [3.8, 4) is 11.8 Å². The molecule has 3 aromatic rings. The highest BCUT2D eigenvalue weighted by atomic mass is 31.1. The van der Waals surface area contributed by atoms with Crippen molar-refractivity contribution >= 4 is 37.9 Å². The maximum atomic E-state index is 13.1. The van der Waals surface area contributed by atoms with Crippen LogP contribution in [0.15, 0.2) is 53.8 Å². The van der Waals surface area contributed by atoms with Gasteiger partial charge in [-0.25, -0.2) is 19.1 Å². The molecular formula is C29H37N6O8P. The molecule has 0 aliphatic carbocycles. The minimum absolute atomic E-state index is 0.226. The first-order chi connectivity index (χ1) is 20.9. The summed E-state index contributed by atoms with van der Waals surface area (Å²) in [6, 6.07) is 13.6. The third kappa shape index (κ3) is 8.41. The van der Waals surface area contributed by atoms with E-state index in [2.05, 4.69) is 15.1 Å². The number of benzene rings is 1. The molecule has 0 aliphatic heterocycles. The molecule has 0 amide bonds. The predicted octanol–water partition coefficient (Wildman–Crippen LogP) is 4.15. The van der Waals surface area contributed by atoms with Gasteiger partial charge in [0.1, 0.15) is 30.3 Å². The number of fused-ring (bicyclic) bond motifs is 1. The average Bonchev–Trinajstić information content (AvgIpc) is 3.43. The minimum atomic E-state index is -3.21. The number of hydrogen-bond donors (Lipinski definition) is 0. The number of methoxy groups -OCH3 is 1. The normalized spacial score (nSPS) is 15.0. The van der Waals surface area contributed by atoms with Gasteiger partial charge in [-0.15, -0.1) is 0 Å². The van der Waals surface area contributed by atoms with Crippen LogP contribution in [0.1, 0.15) is 39.5 Å². The number of para-hydroxylation sites is 1. The Morgan fingerprint density at radius 2 is 1.75 bits per heavy atom. The van der Waals surface area contributed by atoms with Gasteiger partial charge in [-0.2, -0.15) is 10.4 Å². The van der Waals surface area contributed by atoms with Crippen molar-refractivity contribution < 1.29 is 37.4 Å². The van der Waals surface area contributed by atoms with E-state index in [-0.39, 0.29) is 11.4 Å². The van der Waals surface area contributed by atoms with Crippen LogP contribution in [0, 0.1) is 23.2 Å². The summed E-state index contributed by atoms with van der Waals surface area (Å²) in [5.74, 6) is -1.99. The molecule has 2 heterocycles. The number of carbonyl (C=O) groups excluding carboxylic acids is 2. The smallest absolute Gasteiger partial charge is 0.367 e. The molecule has 0 saturated heterocycles. The maximum Gasteiger partial charge on any atom is 0.367 e. The second kappa shape index (κ2) is 15.4. The highest BCUT2D eigenvalue weighted by Gasteiger charge is 2.51. The molecule has 0 spiro atoms. The summed E-state index contributed by atoms with van der Waals surface area (Å²) in [6.07, 6.45) is -0.250. The van der Waals surface area contributed by atoms with E-state index < -0.39 is 56.4 Å². The number of nitriles is 1. The van der Waals surface area contributed by atoms with Gasteiger partial charge in [-0.3, -0.25) is 14.1 Å². The molecule has 0 N–H and O–H groups in total.